The Morgan fingerprint density at radius 2 is 2.17 bits per heavy atom. The molecule has 24 heavy (non-hydrogen) atoms. The predicted octanol–water partition coefficient (Wildman–Crippen LogP) is 2.73. The molecule has 1 N–H and O–H groups in total. The van der Waals surface area contributed by atoms with Gasteiger partial charge < -0.3 is 9.64 Å². The predicted molar refractivity (Wildman–Crippen MR) is 96.3 cm³/mol. The smallest absolute Gasteiger partial charge is 0.123 e. The maximum Gasteiger partial charge on any atom is 0.123 e. The molecule has 5 heteroatoms. The number of ether oxygens (including phenoxy) is 1. The van der Waals surface area contributed by atoms with E-state index in [1.807, 2.05) is 6.20 Å². The number of hydrogen-bond donors (Lipinski definition) is 1. The summed E-state index contributed by atoms with van der Waals surface area (Å²) in [5.41, 5.74) is 2.54. The van der Waals surface area contributed by atoms with Crippen molar-refractivity contribution in [1.82, 2.24) is 20.0 Å². The van der Waals surface area contributed by atoms with Gasteiger partial charge in [-0.2, -0.15) is 5.10 Å². The average molecular weight is 328 g/mol. The fourth-order valence-electron chi connectivity index (χ4n) is 3.30. The molecule has 1 aliphatic rings. The van der Waals surface area contributed by atoms with E-state index in [1.54, 1.807) is 0 Å². The third-order valence-corrected chi connectivity index (χ3v) is 4.63. The molecule has 2 heterocycles. The van der Waals surface area contributed by atoms with E-state index in [-0.39, 0.29) is 0 Å². The lowest BCUT2D eigenvalue weighted by Gasteiger charge is -2.32. The molecular weight excluding hydrogens is 300 g/mol. The maximum atomic E-state index is 6.00. The van der Waals surface area contributed by atoms with E-state index in [0.717, 1.165) is 38.5 Å². The molecule has 1 aliphatic heterocycles. The summed E-state index contributed by atoms with van der Waals surface area (Å²) in [4.78, 5) is 4.67. The molecule has 1 aromatic heterocycles. The summed E-state index contributed by atoms with van der Waals surface area (Å²) in [5, 5.41) is 7.24. The zero-order valence-corrected chi connectivity index (χ0v) is 14.7. The second-order valence-electron chi connectivity index (χ2n) is 6.85. The second-order valence-corrected chi connectivity index (χ2v) is 6.85. The van der Waals surface area contributed by atoms with E-state index in [4.69, 9.17) is 4.74 Å². The fraction of sp³-hybridized carbons (Fsp3) is 0.526. The summed E-state index contributed by atoms with van der Waals surface area (Å²) in [6, 6.07) is 10.5. The summed E-state index contributed by atoms with van der Waals surface area (Å²) in [6.45, 7) is 4.83. The van der Waals surface area contributed by atoms with Crippen LogP contribution in [0.15, 0.2) is 36.5 Å². The van der Waals surface area contributed by atoms with Crippen LogP contribution < -0.4 is 4.74 Å². The van der Waals surface area contributed by atoms with Gasteiger partial charge in [-0.3, -0.25) is 10.00 Å². The van der Waals surface area contributed by atoms with Crippen molar-refractivity contribution in [2.45, 2.75) is 25.3 Å². The Morgan fingerprint density at radius 1 is 1.29 bits per heavy atom. The van der Waals surface area contributed by atoms with Crippen molar-refractivity contribution in [3.05, 3.63) is 47.8 Å². The molecule has 0 spiro atoms. The molecule has 0 amide bonds. The Balaban J connectivity index is 1.60. The lowest BCUT2D eigenvalue weighted by Crippen LogP contribution is -2.34. The SMILES string of the molecule is CN(C)CCOc1ccccc1CN1CCCC(c2ccn[nH]2)C1. The Hall–Kier alpha value is -1.85. The number of nitrogens with zero attached hydrogens (tertiary/aromatic N) is 3. The van der Waals surface area contributed by atoms with E-state index in [0.29, 0.717) is 5.92 Å². The average Bonchev–Trinajstić information content (AvgIpc) is 3.11. The van der Waals surface area contributed by atoms with E-state index in [1.165, 1.54) is 24.1 Å². The highest BCUT2D eigenvalue weighted by atomic mass is 16.5. The molecule has 1 saturated heterocycles. The van der Waals surface area contributed by atoms with Gasteiger partial charge in [0.25, 0.3) is 0 Å². The second kappa shape index (κ2) is 8.31. The van der Waals surface area contributed by atoms with Crippen molar-refractivity contribution in [2.75, 3.05) is 40.3 Å². The van der Waals surface area contributed by atoms with Gasteiger partial charge in [0.15, 0.2) is 0 Å². The van der Waals surface area contributed by atoms with Crippen LogP contribution in [0.1, 0.15) is 30.0 Å². The molecule has 0 radical (unpaired) electrons. The maximum absolute atomic E-state index is 6.00. The normalized spacial score (nSPS) is 18.9. The lowest BCUT2D eigenvalue weighted by molar-refractivity contribution is 0.193. The molecule has 130 valence electrons. The first-order chi connectivity index (χ1) is 11.7. The summed E-state index contributed by atoms with van der Waals surface area (Å²) in [6.07, 6.45) is 4.31. The molecular formula is C19H28N4O. The van der Waals surface area contributed by atoms with Crippen LogP contribution in [0.25, 0.3) is 0 Å². The summed E-state index contributed by atoms with van der Waals surface area (Å²) >= 11 is 0. The quantitative estimate of drug-likeness (QED) is 0.849. The van der Waals surface area contributed by atoms with Crippen molar-refractivity contribution >= 4 is 0 Å². The molecule has 0 aliphatic carbocycles. The molecule has 1 aromatic carbocycles. The number of H-pyrrole nitrogens is 1. The lowest BCUT2D eigenvalue weighted by atomic mass is 9.94. The van der Waals surface area contributed by atoms with E-state index >= 15 is 0 Å². The minimum atomic E-state index is 0.558. The molecule has 1 atom stereocenters. The Labute approximate surface area is 144 Å². The summed E-state index contributed by atoms with van der Waals surface area (Å²) in [5.74, 6) is 1.58. The monoisotopic (exact) mass is 328 g/mol. The molecule has 1 unspecified atom stereocenters. The topological polar surface area (TPSA) is 44.4 Å². The van der Waals surface area contributed by atoms with Gasteiger partial charge in [-0.1, -0.05) is 18.2 Å². The molecule has 0 bridgehead atoms. The Kier molecular flexibility index (Phi) is 5.88. The summed E-state index contributed by atoms with van der Waals surface area (Å²) < 4.78 is 6.00. The molecule has 0 saturated carbocycles. The van der Waals surface area contributed by atoms with Crippen LogP contribution in [0.3, 0.4) is 0 Å². The van der Waals surface area contributed by atoms with Crippen LogP contribution in [0.4, 0.5) is 0 Å². The number of benzene rings is 1. The van der Waals surface area contributed by atoms with Gasteiger partial charge in [-0.25, -0.2) is 0 Å². The van der Waals surface area contributed by atoms with Crippen molar-refractivity contribution in [2.24, 2.45) is 0 Å². The Morgan fingerprint density at radius 3 is 2.96 bits per heavy atom. The number of likely N-dealkylation sites (tertiary alicyclic amines) is 1. The first kappa shape index (κ1) is 17.0. The van der Waals surface area contributed by atoms with Crippen molar-refractivity contribution in [3.63, 3.8) is 0 Å². The van der Waals surface area contributed by atoms with Gasteiger partial charge in [0.2, 0.25) is 0 Å². The Bertz CT molecular complexity index is 612. The molecule has 3 rings (SSSR count). The minimum absolute atomic E-state index is 0.558. The van der Waals surface area contributed by atoms with Crippen LogP contribution in [-0.4, -0.2) is 60.3 Å². The molecule has 5 nitrogen and oxygen atoms in total. The van der Waals surface area contributed by atoms with E-state index in [9.17, 15) is 0 Å². The number of aromatic amines is 1. The number of para-hydroxylation sites is 1. The molecule has 2 aromatic rings. The number of nitrogens with one attached hydrogen (secondary N) is 1. The first-order valence-corrected chi connectivity index (χ1v) is 8.79. The standard InChI is InChI=1S/C19H28N4O/c1-22(2)12-13-24-19-8-4-3-6-17(19)15-23-11-5-7-16(14-23)18-9-10-20-21-18/h3-4,6,8-10,16H,5,7,11-15H2,1-2H3,(H,20,21). The van der Waals surface area contributed by atoms with Gasteiger partial charge in [0, 0.05) is 43.0 Å². The van der Waals surface area contributed by atoms with Crippen LogP contribution >= 0.6 is 0 Å². The van der Waals surface area contributed by atoms with Gasteiger partial charge in [-0.15, -0.1) is 0 Å². The number of likely N-dealkylation sites (N-methyl/N-ethyl adjacent to an activating group) is 1. The third-order valence-electron chi connectivity index (χ3n) is 4.63. The number of aromatic nitrogens is 2. The van der Waals surface area contributed by atoms with Crippen molar-refractivity contribution in [3.8, 4) is 5.75 Å². The van der Waals surface area contributed by atoms with Gasteiger partial charge in [0.1, 0.15) is 12.4 Å². The van der Waals surface area contributed by atoms with E-state index in [2.05, 4.69) is 64.4 Å². The van der Waals surface area contributed by atoms with Crippen LogP contribution in [0.2, 0.25) is 0 Å². The summed E-state index contributed by atoms with van der Waals surface area (Å²) in [7, 11) is 4.14. The zero-order valence-electron chi connectivity index (χ0n) is 14.7. The van der Waals surface area contributed by atoms with Crippen LogP contribution in [-0.2, 0) is 6.54 Å². The highest BCUT2D eigenvalue weighted by Gasteiger charge is 2.22. The first-order valence-electron chi connectivity index (χ1n) is 8.79. The van der Waals surface area contributed by atoms with Crippen molar-refractivity contribution in [1.29, 1.82) is 0 Å². The van der Waals surface area contributed by atoms with Crippen LogP contribution in [0, 0.1) is 0 Å². The van der Waals surface area contributed by atoms with Gasteiger partial charge in [-0.05, 0) is 45.6 Å². The van der Waals surface area contributed by atoms with E-state index < -0.39 is 0 Å². The highest BCUT2D eigenvalue weighted by molar-refractivity contribution is 5.33. The number of rotatable bonds is 7. The van der Waals surface area contributed by atoms with Gasteiger partial charge in [0.05, 0.1) is 0 Å². The molecule has 1 fully saturated rings. The minimum Gasteiger partial charge on any atom is -0.492 e. The van der Waals surface area contributed by atoms with Gasteiger partial charge >= 0.3 is 0 Å². The van der Waals surface area contributed by atoms with Crippen molar-refractivity contribution < 1.29 is 4.74 Å². The number of hydrogen-bond acceptors (Lipinski definition) is 4. The fourth-order valence-corrected chi connectivity index (χ4v) is 3.30. The highest BCUT2D eigenvalue weighted by Crippen LogP contribution is 2.28. The third kappa shape index (κ3) is 4.58. The largest absolute Gasteiger partial charge is 0.492 e. The number of piperidine rings is 1. The zero-order chi connectivity index (χ0) is 16.8. The van der Waals surface area contributed by atoms with Crippen LogP contribution in [0.5, 0.6) is 5.75 Å².